The Labute approximate surface area is 290 Å². The Hall–Kier alpha value is -4.61. The first-order chi connectivity index (χ1) is 23.3. The molecule has 0 atom stereocenters. The number of aromatic amines is 2. The molecule has 6 rings (SSSR count). The van der Waals surface area contributed by atoms with Gasteiger partial charge in [0, 0.05) is 42.1 Å². The number of aryl methyl sites for hydroxylation is 2. The highest BCUT2D eigenvalue weighted by molar-refractivity contribution is 7.13. The molecule has 266 valence electrons. The monoisotopic (exact) mass is 789 g/mol. The molecule has 0 bridgehead atoms. The van der Waals surface area contributed by atoms with Gasteiger partial charge in [0.05, 0.1) is 37.5 Å². The molecule has 6 aromatic heterocycles. The third kappa shape index (κ3) is 11.8. The second-order valence-corrected chi connectivity index (χ2v) is 12.1. The first kappa shape index (κ1) is 39.8. The minimum absolute atomic E-state index is 0.0838. The molecule has 0 amide bonds. The van der Waals surface area contributed by atoms with Crippen LogP contribution in [-0.4, -0.2) is 44.9 Å². The summed E-state index contributed by atoms with van der Waals surface area (Å²) in [5.41, 5.74) is -1.22. The number of hydrogen-bond donors (Lipinski definition) is 2. The summed E-state index contributed by atoms with van der Waals surface area (Å²) in [7, 11) is 0. The summed E-state index contributed by atoms with van der Waals surface area (Å²) in [4.78, 5) is 53.7. The number of H-pyrrole nitrogens is 2. The fourth-order valence-electron chi connectivity index (χ4n) is 3.11. The van der Waals surface area contributed by atoms with E-state index in [-0.39, 0.29) is 22.6 Å². The zero-order chi connectivity index (χ0) is 37.3. The molecule has 11 nitrogen and oxygen atoms in total. The molecule has 0 spiro atoms. The van der Waals surface area contributed by atoms with Crippen LogP contribution in [0.15, 0.2) is 63.3 Å². The van der Waals surface area contributed by atoms with E-state index in [0.29, 0.717) is 28.3 Å². The van der Waals surface area contributed by atoms with Crippen molar-refractivity contribution < 1.29 is 39.5 Å². The van der Waals surface area contributed by atoms with Crippen LogP contribution in [0, 0.1) is 13.8 Å². The van der Waals surface area contributed by atoms with E-state index in [1.165, 1.54) is 57.9 Å². The number of alkyl halides is 9. The number of aromatic nitrogens is 9. The number of nitrogens with zero attached hydrogens (tertiary/aromatic N) is 7. The lowest BCUT2D eigenvalue weighted by Gasteiger charge is -2.07. The number of thiazole rings is 3. The second kappa shape index (κ2) is 16.9. The van der Waals surface area contributed by atoms with E-state index in [1.807, 2.05) is 18.6 Å². The van der Waals surface area contributed by atoms with E-state index in [1.54, 1.807) is 11.3 Å². The second-order valence-electron chi connectivity index (χ2n) is 8.92. The quantitative estimate of drug-likeness (QED) is 0.132. The molecule has 50 heavy (non-hydrogen) atoms. The molecular weight excluding hydrogens is 773 g/mol. The third-order valence-electron chi connectivity index (χ3n) is 5.35. The van der Waals surface area contributed by atoms with Gasteiger partial charge in [-0.25, -0.2) is 19.9 Å². The van der Waals surface area contributed by atoms with Gasteiger partial charge in [0.2, 0.25) is 5.28 Å². The van der Waals surface area contributed by atoms with Crippen molar-refractivity contribution in [2.75, 3.05) is 0 Å². The van der Waals surface area contributed by atoms with E-state index in [9.17, 15) is 49.1 Å². The Bertz CT molecular complexity index is 1960. The Morgan fingerprint density at radius 2 is 0.980 bits per heavy atom. The van der Waals surface area contributed by atoms with Crippen molar-refractivity contribution in [1.82, 2.24) is 44.9 Å². The Balaban J connectivity index is 0.000000189. The van der Waals surface area contributed by atoms with Crippen LogP contribution >= 0.6 is 45.6 Å². The maximum absolute atomic E-state index is 12.3. The smallest absolute Gasteiger partial charge is 0.305 e. The van der Waals surface area contributed by atoms with Crippen LogP contribution < -0.4 is 11.1 Å². The molecule has 0 radical (unpaired) electrons. The lowest BCUT2D eigenvalue weighted by atomic mass is 10.2. The van der Waals surface area contributed by atoms with Crippen LogP contribution in [0.5, 0.6) is 0 Å². The molecule has 0 saturated heterocycles. The number of nitrogens with one attached hydrogen (secondary N) is 2. The fraction of sp³-hybridized carbons (Fsp3) is 0.192. The Morgan fingerprint density at radius 3 is 1.26 bits per heavy atom. The van der Waals surface area contributed by atoms with Gasteiger partial charge in [-0.15, -0.1) is 34.0 Å². The Morgan fingerprint density at radius 1 is 0.580 bits per heavy atom. The fourth-order valence-corrected chi connectivity index (χ4v) is 4.84. The van der Waals surface area contributed by atoms with Gasteiger partial charge in [0.1, 0.15) is 11.1 Å². The van der Waals surface area contributed by atoms with Crippen molar-refractivity contribution in [1.29, 1.82) is 0 Å². The van der Waals surface area contributed by atoms with Crippen molar-refractivity contribution in [2.45, 2.75) is 32.4 Å². The first-order valence-corrected chi connectivity index (χ1v) is 15.8. The minimum Gasteiger partial charge on any atom is -0.305 e. The van der Waals surface area contributed by atoms with Crippen LogP contribution in [0.25, 0.3) is 21.4 Å². The maximum Gasteiger partial charge on any atom is 0.423 e. The number of hydrogen-bond acceptors (Lipinski definition) is 12. The summed E-state index contributed by atoms with van der Waals surface area (Å²) < 4.78 is 110. The molecule has 0 aliphatic rings. The molecular formula is C26H17ClF9N9O2S3. The van der Waals surface area contributed by atoms with Crippen LogP contribution in [0.4, 0.5) is 39.5 Å². The number of halogens is 10. The largest absolute Gasteiger partial charge is 0.423 e. The molecule has 0 aromatic carbocycles. The van der Waals surface area contributed by atoms with Crippen molar-refractivity contribution in [3.05, 3.63) is 107 Å². The van der Waals surface area contributed by atoms with Gasteiger partial charge in [-0.05, 0) is 25.4 Å². The maximum atomic E-state index is 12.3. The van der Waals surface area contributed by atoms with E-state index >= 15 is 0 Å². The predicted molar refractivity (Wildman–Crippen MR) is 166 cm³/mol. The van der Waals surface area contributed by atoms with Gasteiger partial charge >= 0.3 is 18.5 Å². The summed E-state index contributed by atoms with van der Waals surface area (Å²) in [6.45, 7) is 3.27. The van der Waals surface area contributed by atoms with Crippen LogP contribution in [0.2, 0.25) is 5.28 Å². The first-order valence-electron chi connectivity index (χ1n) is 12.8. The summed E-state index contributed by atoms with van der Waals surface area (Å²) >= 11 is 9.29. The average Bonchev–Trinajstić information content (AvgIpc) is 3.81. The Kier molecular flexibility index (Phi) is 13.4. The molecule has 0 unspecified atom stereocenters. The van der Waals surface area contributed by atoms with Gasteiger partial charge < -0.3 is 9.97 Å². The van der Waals surface area contributed by atoms with Crippen molar-refractivity contribution >= 4 is 45.6 Å². The highest BCUT2D eigenvalue weighted by atomic mass is 35.5. The average molecular weight is 790 g/mol. The van der Waals surface area contributed by atoms with Crippen LogP contribution in [0.3, 0.4) is 0 Å². The van der Waals surface area contributed by atoms with Crippen LogP contribution in [0.1, 0.15) is 27.3 Å². The summed E-state index contributed by atoms with van der Waals surface area (Å²) in [5.74, 6) is 0.168. The van der Waals surface area contributed by atoms with Crippen molar-refractivity contribution in [3.63, 3.8) is 0 Å². The van der Waals surface area contributed by atoms with E-state index in [2.05, 4.69) is 44.9 Å². The lowest BCUT2D eigenvalue weighted by molar-refractivity contribution is -0.139. The highest BCUT2D eigenvalue weighted by Gasteiger charge is 2.36. The van der Waals surface area contributed by atoms with Gasteiger partial charge in [-0.2, -0.15) is 39.5 Å². The highest BCUT2D eigenvalue weighted by Crippen LogP contribution is 2.31. The SMILES string of the molecule is Cc1cncs1.Cc1nc(Cl)ncc1C(F)(F)F.O=c1[nH]c(-c2cncs2)ncc1C(F)(F)F.O=c1[nH]c(-c2cncs2)ncc1C(F)(F)F. The molecule has 24 heteroatoms. The summed E-state index contributed by atoms with van der Waals surface area (Å²) in [6, 6.07) is 0. The third-order valence-corrected chi connectivity index (χ3v) is 7.80. The standard InChI is InChI=1S/2C8H4F3N3OS.C6H4ClF3N2.C4H5NS/c2*9-8(10,11)4-1-13-6(14-7(4)15)5-2-12-3-16-5;1-3-4(6(8,9)10)2-11-5(7)12-3;1-4-2-5-3-6-4/h2*1-3H,(H,13,14,15);2H,1H3;2-3H,1H3. The lowest BCUT2D eigenvalue weighted by Crippen LogP contribution is -2.22. The van der Waals surface area contributed by atoms with Gasteiger partial charge in [0.15, 0.2) is 11.6 Å². The van der Waals surface area contributed by atoms with Gasteiger partial charge in [0.25, 0.3) is 11.1 Å². The van der Waals surface area contributed by atoms with E-state index < -0.39 is 46.3 Å². The number of rotatable bonds is 2. The van der Waals surface area contributed by atoms with E-state index in [0.717, 1.165) is 0 Å². The molecule has 0 aliphatic heterocycles. The molecule has 6 heterocycles. The van der Waals surface area contributed by atoms with Crippen molar-refractivity contribution in [3.8, 4) is 21.4 Å². The summed E-state index contributed by atoms with van der Waals surface area (Å²) in [5, 5.41) is -0.180. The normalized spacial score (nSPS) is 11.4. The van der Waals surface area contributed by atoms with Crippen LogP contribution in [-0.2, 0) is 18.5 Å². The summed E-state index contributed by atoms with van der Waals surface area (Å²) in [6.07, 6.45) is -7.39. The van der Waals surface area contributed by atoms with E-state index in [4.69, 9.17) is 11.6 Å². The van der Waals surface area contributed by atoms with Gasteiger partial charge in [-0.3, -0.25) is 24.5 Å². The zero-order valence-corrected chi connectivity index (χ0v) is 27.9. The molecule has 0 aliphatic carbocycles. The van der Waals surface area contributed by atoms with Crippen molar-refractivity contribution in [2.24, 2.45) is 0 Å². The molecule has 0 saturated carbocycles. The predicted octanol–water partition coefficient (Wildman–Crippen LogP) is 7.73. The van der Waals surface area contributed by atoms with Gasteiger partial charge in [-0.1, -0.05) is 0 Å². The molecule has 2 N–H and O–H groups in total. The minimum atomic E-state index is -4.69. The zero-order valence-electron chi connectivity index (χ0n) is 24.6. The molecule has 0 fully saturated rings. The molecule has 6 aromatic rings. The topological polar surface area (TPSA) is 156 Å².